The average Bonchev–Trinajstić information content (AvgIpc) is 3.26. The van der Waals surface area contributed by atoms with Crippen LogP contribution in [0.15, 0.2) is 30.5 Å². The summed E-state index contributed by atoms with van der Waals surface area (Å²) in [5, 5.41) is 23.4. The molecular formula is C26H28N6O3. The third-order valence-corrected chi connectivity index (χ3v) is 6.94. The van der Waals surface area contributed by atoms with Gasteiger partial charge >= 0.3 is 5.97 Å². The number of carboxylic acids is 1. The predicted octanol–water partition coefficient (Wildman–Crippen LogP) is 3.22. The summed E-state index contributed by atoms with van der Waals surface area (Å²) in [5.74, 6) is -0.349. The first-order valence-electron chi connectivity index (χ1n) is 12.0. The Balaban J connectivity index is 1.37. The normalized spacial score (nSPS) is 17.0. The highest BCUT2D eigenvalue weighted by Crippen LogP contribution is 2.32. The summed E-state index contributed by atoms with van der Waals surface area (Å²) in [6, 6.07) is 8.93. The molecular weight excluding hydrogens is 444 g/mol. The molecule has 0 radical (unpaired) electrons. The molecule has 0 unspecified atom stereocenters. The molecule has 5 rings (SSSR count). The first kappa shape index (κ1) is 22.9. The van der Waals surface area contributed by atoms with Gasteiger partial charge in [-0.3, -0.25) is 14.5 Å². The molecule has 1 aliphatic heterocycles. The summed E-state index contributed by atoms with van der Waals surface area (Å²) in [6.45, 7) is 3.72. The summed E-state index contributed by atoms with van der Waals surface area (Å²) < 4.78 is 0. The van der Waals surface area contributed by atoms with Gasteiger partial charge in [-0.05, 0) is 49.4 Å². The maximum absolute atomic E-state index is 12.4. The number of hydrogen-bond acceptors (Lipinski definition) is 6. The summed E-state index contributed by atoms with van der Waals surface area (Å²) >= 11 is 0. The van der Waals surface area contributed by atoms with Gasteiger partial charge < -0.3 is 20.3 Å². The number of nitrogens with one attached hydrogen (secondary N) is 2. The molecule has 0 saturated carbocycles. The van der Waals surface area contributed by atoms with E-state index in [9.17, 15) is 20.0 Å². The van der Waals surface area contributed by atoms with Gasteiger partial charge in [-0.15, -0.1) is 0 Å². The maximum Gasteiger partial charge on any atom is 0.325 e. The fourth-order valence-corrected chi connectivity index (χ4v) is 5.28. The Kier molecular flexibility index (Phi) is 6.14. The molecule has 9 heteroatoms. The maximum atomic E-state index is 12.4. The van der Waals surface area contributed by atoms with E-state index in [1.165, 1.54) is 12.5 Å². The zero-order valence-electron chi connectivity index (χ0n) is 19.7. The summed E-state index contributed by atoms with van der Waals surface area (Å²) in [7, 11) is 0. The average molecular weight is 473 g/mol. The van der Waals surface area contributed by atoms with Gasteiger partial charge in [0, 0.05) is 67.1 Å². The van der Waals surface area contributed by atoms with Crippen LogP contribution in [0.25, 0.3) is 10.9 Å². The highest BCUT2D eigenvalue weighted by molar-refractivity contribution is 5.94. The van der Waals surface area contributed by atoms with Crippen molar-refractivity contribution in [3.63, 3.8) is 0 Å². The van der Waals surface area contributed by atoms with Gasteiger partial charge in [0.05, 0.1) is 5.56 Å². The van der Waals surface area contributed by atoms with Crippen LogP contribution in [-0.4, -0.2) is 58.0 Å². The van der Waals surface area contributed by atoms with E-state index in [4.69, 9.17) is 4.98 Å². The number of H-pyrrole nitrogens is 1. The van der Waals surface area contributed by atoms with Crippen LogP contribution in [0.3, 0.4) is 0 Å². The molecule has 3 heterocycles. The largest absolute Gasteiger partial charge is 0.480 e. The number of aromatic amines is 1. The van der Waals surface area contributed by atoms with Crippen LogP contribution in [0.5, 0.6) is 0 Å². The van der Waals surface area contributed by atoms with Crippen molar-refractivity contribution < 1.29 is 14.7 Å². The molecule has 2 aromatic heterocycles. The minimum absolute atomic E-state index is 0.162. The lowest BCUT2D eigenvalue weighted by Gasteiger charge is -2.38. The Morgan fingerprint density at radius 2 is 1.94 bits per heavy atom. The van der Waals surface area contributed by atoms with Gasteiger partial charge in [-0.2, -0.15) is 5.26 Å². The quantitative estimate of drug-likeness (QED) is 0.521. The molecule has 9 nitrogen and oxygen atoms in total. The highest BCUT2D eigenvalue weighted by atomic mass is 16.4. The lowest BCUT2D eigenvalue weighted by molar-refractivity contribution is -0.143. The fraction of sp³-hybridized carbons (Fsp3) is 0.385. The molecule has 1 amide bonds. The predicted molar refractivity (Wildman–Crippen MR) is 132 cm³/mol. The van der Waals surface area contributed by atoms with E-state index < -0.39 is 12.0 Å². The zero-order valence-corrected chi connectivity index (χ0v) is 19.7. The third kappa shape index (κ3) is 4.45. The second kappa shape index (κ2) is 9.39. The number of pyridine rings is 1. The van der Waals surface area contributed by atoms with Gasteiger partial charge in [0.15, 0.2) is 0 Å². The molecule has 3 N–H and O–H groups in total. The number of fused-ring (bicyclic) bond motifs is 2. The van der Waals surface area contributed by atoms with E-state index in [0.29, 0.717) is 43.0 Å². The minimum atomic E-state index is -0.907. The Morgan fingerprint density at radius 3 is 2.66 bits per heavy atom. The first-order chi connectivity index (χ1) is 16.9. The molecule has 2 aliphatic rings. The Labute approximate surface area is 203 Å². The van der Waals surface area contributed by atoms with E-state index in [-0.39, 0.29) is 5.91 Å². The number of amides is 1. The lowest BCUT2D eigenvalue weighted by atomic mass is 9.94. The van der Waals surface area contributed by atoms with Crippen molar-refractivity contribution in [2.75, 3.05) is 36.4 Å². The molecule has 1 aromatic carbocycles. The SMILES string of the molecule is CC(=O)Nc1ccc2c([C@H](C(=O)O)N3CCN(c4nc5c(cc4C#N)CCCC5)CC3)c[nH]c2c1. The van der Waals surface area contributed by atoms with Crippen LogP contribution in [0.4, 0.5) is 11.5 Å². The van der Waals surface area contributed by atoms with Crippen LogP contribution >= 0.6 is 0 Å². The number of nitriles is 1. The molecule has 1 atom stereocenters. The molecule has 1 fully saturated rings. The Hall–Kier alpha value is -3.90. The standard InChI is InChI=1S/C26H28N6O3/c1-16(33)29-19-6-7-20-21(15-28-23(20)13-19)24(26(34)35)31-8-10-32(11-9-31)25-18(14-27)12-17-4-2-3-5-22(17)30-25/h6-7,12-13,15,24,28H,2-5,8-11H2,1H3,(H,29,33)(H,34,35)/t24-/m1/s1. The highest BCUT2D eigenvalue weighted by Gasteiger charge is 2.33. The van der Waals surface area contributed by atoms with Crippen molar-refractivity contribution in [2.24, 2.45) is 0 Å². The van der Waals surface area contributed by atoms with Crippen LogP contribution in [0, 0.1) is 11.3 Å². The van der Waals surface area contributed by atoms with Gasteiger partial charge in [-0.1, -0.05) is 6.07 Å². The van der Waals surface area contributed by atoms with E-state index in [2.05, 4.69) is 21.3 Å². The van der Waals surface area contributed by atoms with Crippen LogP contribution in [-0.2, 0) is 22.4 Å². The minimum Gasteiger partial charge on any atom is -0.480 e. The number of nitrogens with zero attached hydrogens (tertiary/aromatic N) is 4. The van der Waals surface area contributed by atoms with Gasteiger partial charge in [0.25, 0.3) is 0 Å². The number of hydrogen-bond donors (Lipinski definition) is 3. The van der Waals surface area contributed by atoms with Crippen LogP contribution in [0.1, 0.15) is 48.2 Å². The number of aliphatic carboxylic acids is 1. The fourth-order valence-electron chi connectivity index (χ4n) is 5.28. The smallest absolute Gasteiger partial charge is 0.325 e. The first-order valence-corrected chi connectivity index (χ1v) is 12.0. The molecule has 0 spiro atoms. The topological polar surface area (TPSA) is 125 Å². The monoisotopic (exact) mass is 472 g/mol. The van der Waals surface area contributed by atoms with Crippen molar-refractivity contribution >= 4 is 34.3 Å². The van der Waals surface area contributed by atoms with Crippen molar-refractivity contribution in [3.05, 3.63) is 52.8 Å². The molecule has 1 aliphatic carbocycles. The molecule has 180 valence electrons. The van der Waals surface area contributed by atoms with E-state index in [1.54, 1.807) is 12.3 Å². The number of carboxylic acid groups (broad SMARTS) is 1. The molecule has 1 saturated heterocycles. The number of benzene rings is 1. The Bertz CT molecular complexity index is 1330. The van der Waals surface area contributed by atoms with E-state index in [0.717, 1.165) is 48.1 Å². The van der Waals surface area contributed by atoms with Crippen LogP contribution < -0.4 is 10.2 Å². The third-order valence-electron chi connectivity index (χ3n) is 6.94. The number of rotatable bonds is 5. The Morgan fingerprint density at radius 1 is 1.17 bits per heavy atom. The summed E-state index contributed by atoms with van der Waals surface area (Å²) in [6.07, 6.45) is 5.92. The number of anilines is 2. The second-order valence-electron chi connectivity index (χ2n) is 9.23. The molecule has 35 heavy (non-hydrogen) atoms. The number of carbonyl (C=O) groups excluding carboxylic acids is 1. The molecule has 3 aromatic rings. The number of piperazine rings is 1. The number of aryl methyl sites for hydroxylation is 2. The second-order valence-corrected chi connectivity index (χ2v) is 9.23. The number of aromatic nitrogens is 2. The van der Waals surface area contributed by atoms with Crippen molar-refractivity contribution in [3.8, 4) is 6.07 Å². The van der Waals surface area contributed by atoms with Crippen molar-refractivity contribution in [1.82, 2.24) is 14.9 Å². The summed E-state index contributed by atoms with van der Waals surface area (Å²) in [4.78, 5) is 35.8. The molecule has 0 bridgehead atoms. The van der Waals surface area contributed by atoms with Gasteiger partial charge in [-0.25, -0.2) is 4.98 Å². The lowest BCUT2D eigenvalue weighted by Crippen LogP contribution is -2.49. The zero-order chi connectivity index (χ0) is 24.5. The van der Waals surface area contributed by atoms with Crippen LogP contribution in [0.2, 0.25) is 0 Å². The van der Waals surface area contributed by atoms with E-state index >= 15 is 0 Å². The van der Waals surface area contributed by atoms with E-state index in [1.807, 2.05) is 23.1 Å². The van der Waals surface area contributed by atoms with Crippen molar-refractivity contribution in [2.45, 2.75) is 38.6 Å². The van der Waals surface area contributed by atoms with Gasteiger partial charge in [0.2, 0.25) is 5.91 Å². The number of carbonyl (C=O) groups is 2. The summed E-state index contributed by atoms with van der Waals surface area (Å²) in [5.41, 5.74) is 4.99. The van der Waals surface area contributed by atoms with Gasteiger partial charge in [0.1, 0.15) is 17.9 Å². The van der Waals surface area contributed by atoms with Crippen molar-refractivity contribution in [1.29, 1.82) is 5.26 Å².